The second-order valence-electron chi connectivity index (χ2n) is 6.30. The first kappa shape index (κ1) is 17.1. The van der Waals surface area contributed by atoms with Crippen LogP contribution in [0.1, 0.15) is 27.3 Å². The van der Waals surface area contributed by atoms with Crippen molar-refractivity contribution in [3.05, 3.63) is 76.1 Å². The van der Waals surface area contributed by atoms with Gasteiger partial charge in [0.1, 0.15) is 0 Å². The minimum absolute atomic E-state index is 0.122. The van der Waals surface area contributed by atoms with E-state index in [2.05, 4.69) is 10.3 Å². The molecule has 1 aromatic heterocycles. The molecule has 0 radical (unpaired) electrons. The predicted octanol–water partition coefficient (Wildman–Crippen LogP) is 4.83. The third-order valence-electron chi connectivity index (χ3n) is 4.49. The average molecular weight is 379 g/mol. The Morgan fingerprint density at radius 1 is 1.11 bits per heavy atom. The lowest BCUT2D eigenvalue weighted by atomic mass is 9.94. The van der Waals surface area contributed by atoms with Crippen LogP contribution in [0.25, 0.3) is 22.8 Å². The number of anilines is 1. The van der Waals surface area contributed by atoms with E-state index in [1.54, 1.807) is 25.1 Å². The molecular weight excluding hydrogens is 364 g/mol. The maximum Gasteiger partial charge on any atom is 0.337 e. The molecule has 0 saturated heterocycles. The fourth-order valence-corrected chi connectivity index (χ4v) is 3.57. The number of benzene rings is 2. The van der Waals surface area contributed by atoms with Crippen LogP contribution in [0.3, 0.4) is 0 Å². The van der Waals surface area contributed by atoms with E-state index in [-0.39, 0.29) is 11.5 Å². The molecule has 5 nitrogen and oxygen atoms in total. The number of carbonyl (C=O) groups is 2. The topological polar surface area (TPSA) is 82.2 Å². The molecule has 134 valence electrons. The molecule has 0 spiro atoms. The minimum atomic E-state index is -1.05. The number of hydrogen-bond donors (Lipinski definition) is 3. The smallest absolute Gasteiger partial charge is 0.337 e. The van der Waals surface area contributed by atoms with Crippen LogP contribution >= 0.6 is 11.6 Å². The highest BCUT2D eigenvalue weighted by molar-refractivity contribution is 6.37. The van der Waals surface area contributed by atoms with Crippen molar-refractivity contribution >= 4 is 40.8 Å². The third-order valence-corrected chi connectivity index (χ3v) is 4.82. The van der Waals surface area contributed by atoms with Gasteiger partial charge < -0.3 is 15.4 Å². The molecule has 1 aliphatic rings. The van der Waals surface area contributed by atoms with Gasteiger partial charge in [-0.15, -0.1) is 0 Å². The number of amides is 1. The zero-order valence-corrected chi connectivity index (χ0v) is 15.1. The van der Waals surface area contributed by atoms with E-state index in [0.29, 0.717) is 33.2 Å². The Labute approximate surface area is 160 Å². The Morgan fingerprint density at radius 2 is 1.85 bits per heavy atom. The zero-order chi connectivity index (χ0) is 19.1. The summed E-state index contributed by atoms with van der Waals surface area (Å²) >= 11 is 6.37. The number of hydrogen-bond acceptors (Lipinski definition) is 2. The second kappa shape index (κ2) is 6.45. The summed E-state index contributed by atoms with van der Waals surface area (Å²) in [5, 5.41) is 12.8. The van der Waals surface area contributed by atoms with E-state index in [9.17, 15) is 14.7 Å². The quantitative estimate of drug-likeness (QED) is 0.570. The first-order chi connectivity index (χ1) is 13.0. The van der Waals surface area contributed by atoms with Gasteiger partial charge in [0.2, 0.25) is 0 Å². The summed E-state index contributed by atoms with van der Waals surface area (Å²) in [6.07, 6.45) is 1.58. The van der Waals surface area contributed by atoms with E-state index in [1.165, 1.54) is 0 Å². The summed E-state index contributed by atoms with van der Waals surface area (Å²) in [5.74, 6) is -1.34. The molecule has 6 heteroatoms. The molecule has 0 aliphatic carbocycles. The number of nitrogens with one attached hydrogen (secondary N) is 2. The van der Waals surface area contributed by atoms with E-state index < -0.39 is 5.97 Å². The predicted molar refractivity (Wildman–Crippen MR) is 106 cm³/mol. The van der Waals surface area contributed by atoms with Gasteiger partial charge in [0, 0.05) is 27.5 Å². The molecule has 0 unspecified atom stereocenters. The van der Waals surface area contributed by atoms with Crippen LogP contribution < -0.4 is 5.32 Å². The maximum absolute atomic E-state index is 12.6. The molecule has 2 aromatic carbocycles. The van der Waals surface area contributed by atoms with Crippen LogP contribution in [0.2, 0.25) is 5.02 Å². The summed E-state index contributed by atoms with van der Waals surface area (Å²) in [6, 6.07) is 14.5. The van der Waals surface area contributed by atoms with Gasteiger partial charge in [0.25, 0.3) is 5.91 Å². The van der Waals surface area contributed by atoms with Gasteiger partial charge in [0.05, 0.1) is 16.8 Å². The monoisotopic (exact) mass is 378 g/mol. The molecule has 0 atom stereocenters. The number of fused-ring (bicyclic) bond motifs is 1. The lowest BCUT2D eigenvalue weighted by Gasteiger charge is -2.10. The number of carboxylic acids is 1. The Hall–Kier alpha value is -3.31. The van der Waals surface area contributed by atoms with Crippen molar-refractivity contribution in [1.82, 2.24) is 4.98 Å². The van der Waals surface area contributed by atoms with Gasteiger partial charge in [-0.2, -0.15) is 0 Å². The average Bonchev–Trinajstić information content (AvgIpc) is 3.15. The largest absolute Gasteiger partial charge is 0.478 e. The lowest BCUT2D eigenvalue weighted by Crippen LogP contribution is -2.04. The number of aromatic amines is 1. The Morgan fingerprint density at radius 3 is 2.59 bits per heavy atom. The summed E-state index contributed by atoms with van der Waals surface area (Å²) in [5.41, 5.74) is 4.59. The minimum Gasteiger partial charge on any atom is -0.478 e. The standard InChI is InChI=1S/C21H15ClN2O3/c1-11-9-14(21(26)27)18(23-11)10-15-19-13(12-5-2-3-7-16(12)22)6-4-8-17(19)24-20(15)25/h2-10,23H,1H3,(H,24,25)(H,26,27)/b15-10-. The molecular formula is C21H15ClN2O3. The molecule has 0 bridgehead atoms. The van der Waals surface area contributed by atoms with Crippen LogP contribution in [0.5, 0.6) is 0 Å². The van der Waals surface area contributed by atoms with Crippen molar-refractivity contribution in [2.45, 2.75) is 6.92 Å². The van der Waals surface area contributed by atoms with E-state index in [0.717, 1.165) is 11.1 Å². The van der Waals surface area contributed by atoms with E-state index in [1.807, 2.05) is 36.4 Å². The molecule has 1 amide bonds. The SMILES string of the molecule is Cc1cc(C(=O)O)c(/C=C2\C(=O)Nc3cccc(-c4ccccc4Cl)c32)[nH]1. The third kappa shape index (κ3) is 2.92. The van der Waals surface area contributed by atoms with Gasteiger partial charge in [-0.3, -0.25) is 4.79 Å². The van der Waals surface area contributed by atoms with Crippen molar-refractivity contribution in [2.75, 3.05) is 5.32 Å². The lowest BCUT2D eigenvalue weighted by molar-refractivity contribution is -0.110. The van der Waals surface area contributed by atoms with Crippen LogP contribution in [-0.2, 0) is 4.79 Å². The highest BCUT2D eigenvalue weighted by atomic mass is 35.5. The van der Waals surface area contributed by atoms with Crippen molar-refractivity contribution in [1.29, 1.82) is 0 Å². The molecule has 2 heterocycles. The zero-order valence-electron chi connectivity index (χ0n) is 14.3. The Kier molecular flexibility index (Phi) is 4.09. The number of aromatic nitrogens is 1. The number of carbonyl (C=O) groups excluding carboxylic acids is 1. The molecule has 0 fully saturated rings. The van der Waals surface area contributed by atoms with E-state index >= 15 is 0 Å². The summed E-state index contributed by atoms with van der Waals surface area (Å²) in [7, 11) is 0. The highest BCUT2D eigenvalue weighted by Crippen LogP contribution is 2.42. The number of rotatable bonds is 3. The van der Waals surface area contributed by atoms with Gasteiger partial charge >= 0.3 is 5.97 Å². The molecule has 27 heavy (non-hydrogen) atoms. The first-order valence-corrected chi connectivity index (χ1v) is 8.67. The number of aryl methyl sites for hydroxylation is 1. The van der Waals surface area contributed by atoms with Crippen molar-refractivity contribution in [3.8, 4) is 11.1 Å². The summed E-state index contributed by atoms with van der Waals surface area (Å²) < 4.78 is 0. The van der Waals surface area contributed by atoms with Crippen molar-refractivity contribution in [3.63, 3.8) is 0 Å². The van der Waals surface area contributed by atoms with Gasteiger partial charge in [0.15, 0.2) is 0 Å². The number of aromatic carboxylic acids is 1. The second-order valence-corrected chi connectivity index (χ2v) is 6.71. The molecule has 1 aliphatic heterocycles. The number of H-pyrrole nitrogens is 1. The van der Waals surface area contributed by atoms with Crippen LogP contribution in [-0.4, -0.2) is 22.0 Å². The molecule has 3 aromatic rings. The fraction of sp³-hybridized carbons (Fsp3) is 0.0476. The van der Waals surface area contributed by atoms with Gasteiger partial charge in [-0.05, 0) is 36.8 Å². The molecule has 0 saturated carbocycles. The first-order valence-electron chi connectivity index (χ1n) is 8.30. The summed E-state index contributed by atoms with van der Waals surface area (Å²) in [6.45, 7) is 1.77. The summed E-state index contributed by atoms with van der Waals surface area (Å²) in [4.78, 5) is 27.1. The highest BCUT2D eigenvalue weighted by Gasteiger charge is 2.28. The van der Waals surface area contributed by atoms with Crippen LogP contribution in [0.4, 0.5) is 5.69 Å². The number of carboxylic acid groups (broad SMARTS) is 1. The maximum atomic E-state index is 12.6. The van der Waals surface area contributed by atoms with Crippen LogP contribution in [0, 0.1) is 6.92 Å². The van der Waals surface area contributed by atoms with Crippen molar-refractivity contribution < 1.29 is 14.7 Å². The van der Waals surface area contributed by atoms with E-state index in [4.69, 9.17) is 11.6 Å². The Balaban J connectivity index is 1.94. The molecule has 3 N–H and O–H groups in total. The number of halogens is 1. The fourth-order valence-electron chi connectivity index (χ4n) is 3.34. The van der Waals surface area contributed by atoms with Crippen LogP contribution in [0.15, 0.2) is 48.5 Å². The normalized spacial score (nSPS) is 14.3. The van der Waals surface area contributed by atoms with Crippen molar-refractivity contribution in [2.24, 2.45) is 0 Å². The Bertz CT molecular complexity index is 1130. The van der Waals surface area contributed by atoms with Gasteiger partial charge in [-0.1, -0.05) is 41.9 Å². The van der Waals surface area contributed by atoms with Gasteiger partial charge in [-0.25, -0.2) is 4.79 Å². The molecule has 4 rings (SSSR count).